The zero-order valence-corrected chi connectivity index (χ0v) is 12.5. The van der Waals surface area contributed by atoms with Gasteiger partial charge in [-0.15, -0.1) is 0 Å². The van der Waals surface area contributed by atoms with Crippen LogP contribution < -0.4 is 10.8 Å². The van der Waals surface area contributed by atoms with Crippen molar-refractivity contribution in [3.05, 3.63) is 23.5 Å². The maximum Gasteiger partial charge on any atom is 0.497 e. The van der Waals surface area contributed by atoms with E-state index in [1.165, 1.54) is 6.07 Å². The molecule has 6 heteroatoms. The first-order valence-corrected chi connectivity index (χ1v) is 6.59. The first-order chi connectivity index (χ1) is 9.21. The molecule has 4 nitrogen and oxygen atoms in total. The van der Waals surface area contributed by atoms with Gasteiger partial charge in [0.15, 0.2) is 0 Å². The zero-order chi connectivity index (χ0) is 15.1. The van der Waals surface area contributed by atoms with Crippen LogP contribution in [0, 0.1) is 11.2 Å². The van der Waals surface area contributed by atoms with Gasteiger partial charge in [-0.25, -0.2) is 4.39 Å². The van der Waals surface area contributed by atoms with E-state index in [0.29, 0.717) is 16.7 Å². The van der Waals surface area contributed by atoms with Crippen LogP contribution in [-0.4, -0.2) is 31.6 Å². The third-order valence-corrected chi connectivity index (χ3v) is 4.10. The van der Waals surface area contributed by atoms with Gasteiger partial charge in [-0.2, -0.15) is 0 Å². The first kappa shape index (κ1) is 15.0. The number of nitrogens with one attached hydrogen (secondary N) is 2. The molecule has 0 aromatic heterocycles. The third kappa shape index (κ3) is 2.34. The summed E-state index contributed by atoms with van der Waals surface area (Å²) in [6, 6.07) is 2.96. The Kier molecular flexibility index (Phi) is 3.65. The SMILES string of the molecule is CNc1cc(B2OC(C)(C)C(C)(C)O2)c(F)cc1C=N. The minimum absolute atomic E-state index is 0.346. The molecule has 0 aliphatic carbocycles. The van der Waals surface area contributed by atoms with Gasteiger partial charge in [0.1, 0.15) is 5.82 Å². The fourth-order valence-electron chi connectivity index (χ4n) is 2.09. The molecule has 0 atom stereocenters. The summed E-state index contributed by atoms with van der Waals surface area (Å²) in [7, 11) is 0.987. The van der Waals surface area contributed by atoms with Crippen LogP contribution in [0.4, 0.5) is 10.1 Å². The summed E-state index contributed by atoms with van der Waals surface area (Å²) >= 11 is 0. The van der Waals surface area contributed by atoms with E-state index < -0.39 is 24.1 Å². The van der Waals surface area contributed by atoms with Crippen LogP contribution in [0.2, 0.25) is 0 Å². The van der Waals surface area contributed by atoms with Crippen molar-refractivity contribution >= 4 is 24.5 Å². The molecule has 1 aliphatic heterocycles. The number of anilines is 1. The number of benzene rings is 1. The molecule has 1 aromatic carbocycles. The Morgan fingerprint density at radius 3 is 2.20 bits per heavy atom. The van der Waals surface area contributed by atoms with Gasteiger partial charge in [0, 0.05) is 30.0 Å². The minimum Gasteiger partial charge on any atom is -0.399 e. The van der Waals surface area contributed by atoms with Crippen molar-refractivity contribution in [2.75, 3.05) is 12.4 Å². The van der Waals surface area contributed by atoms with E-state index in [-0.39, 0.29) is 0 Å². The topological polar surface area (TPSA) is 54.3 Å². The lowest BCUT2D eigenvalue weighted by atomic mass is 9.78. The molecule has 1 fully saturated rings. The van der Waals surface area contributed by atoms with E-state index >= 15 is 0 Å². The average molecular weight is 278 g/mol. The minimum atomic E-state index is -0.744. The van der Waals surface area contributed by atoms with E-state index in [4.69, 9.17) is 14.7 Å². The standard InChI is InChI=1S/C14H20BFN2O2/c1-13(2)14(3,4)20-15(19-13)10-7-12(18-5)9(8-17)6-11(10)16/h6-8,17-18H,1-5H3. The van der Waals surface area contributed by atoms with Crippen LogP contribution in [0.3, 0.4) is 0 Å². The van der Waals surface area contributed by atoms with Gasteiger partial charge < -0.3 is 20.0 Å². The van der Waals surface area contributed by atoms with Crippen LogP contribution in [0.5, 0.6) is 0 Å². The Balaban J connectivity index is 2.42. The van der Waals surface area contributed by atoms with Crippen LogP contribution in [0.1, 0.15) is 33.3 Å². The zero-order valence-electron chi connectivity index (χ0n) is 12.5. The number of hydrogen-bond donors (Lipinski definition) is 2. The molecule has 0 radical (unpaired) electrons. The van der Waals surface area contributed by atoms with Crippen molar-refractivity contribution in [1.29, 1.82) is 5.41 Å². The van der Waals surface area contributed by atoms with Crippen molar-refractivity contribution < 1.29 is 13.7 Å². The molecule has 0 bridgehead atoms. The number of rotatable bonds is 3. The predicted octanol–water partition coefficient (Wildman–Crippen LogP) is 2.16. The van der Waals surface area contributed by atoms with Gasteiger partial charge in [-0.3, -0.25) is 0 Å². The van der Waals surface area contributed by atoms with Crippen molar-refractivity contribution in [2.45, 2.75) is 38.9 Å². The molecule has 2 rings (SSSR count). The maximum atomic E-state index is 14.2. The van der Waals surface area contributed by atoms with Crippen molar-refractivity contribution in [3.63, 3.8) is 0 Å². The normalized spacial score (nSPS) is 20.0. The number of halogens is 1. The molecule has 20 heavy (non-hydrogen) atoms. The molecule has 0 amide bonds. The Morgan fingerprint density at radius 2 is 1.75 bits per heavy atom. The Morgan fingerprint density at radius 1 is 1.20 bits per heavy atom. The molecule has 108 valence electrons. The van der Waals surface area contributed by atoms with E-state index in [1.54, 1.807) is 13.1 Å². The fraction of sp³-hybridized carbons (Fsp3) is 0.500. The Bertz CT molecular complexity index is 530. The second-order valence-corrected chi connectivity index (χ2v) is 5.94. The Hall–Kier alpha value is -1.40. The lowest BCUT2D eigenvalue weighted by Crippen LogP contribution is -2.41. The molecule has 0 spiro atoms. The van der Waals surface area contributed by atoms with Crippen LogP contribution in [0.25, 0.3) is 0 Å². The maximum absolute atomic E-state index is 14.2. The molecule has 1 aliphatic rings. The van der Waals surface area contributed by atoms with Gasteiger partial charge in [-0.05, 0) is 39.8 Å². The van der Waals surface area contributed by atoms with Gasteiger partial charge in [0.25, 0.3) is 0 Å². The average Bonchev–Trinajstić information content (AvgIpc) is 2.57. The quantitative estimate of drug-likeness (QED) is 0.658. The van der Waals surface area contributed by atoms with E-state index in [1.807, 2.05) is 27.7 Å². The summed E-state index contributed by atoms with van der Waals surface area (Å²) in [4.78, 5) is 0. The highest BCUT2D eigenvalue weighted by molar-refractivity contribution is 6.62. The van der Waals surface area contributed by atoms with E-state index in [0.717, 1.165) is 6.21 Å². The van der Waals surface area contributed by atoms with E-state index in [9.17, 15) is 4.39 Å². The van der Waals surface area contributed by atoms with Gasteiger partial charge in [0.05, 0.1) is 11.2 Å². The molecule has 0 saturated carbocycles. The summed E-state index contributed by atoms with van der Waals surface area (Å²) in [5, 5.41) is 10.2. The summed E-state index contributed by atoms with van der Waals surface area (Å²) in [6.45, 7) is 7.71. The smallest absolute Gasteiger partial charge is 0.399 e. The summed E-state index contributed by atoms with van der Waals surface area (Å²) < 4.78 is 25.9. The van der Waals surface area contributed by atoms with Gasteiger partial charge in [-0.1, -0.05) is 0 Å². The molecular formula is C14H20BFN2O2. The van der Waals surface area contributed by atoms with Crippen LogP contribution in [-0.2, 0) is 9.31 Å². The van der Waals surface area contributed by atoms with Crippen molar-refractivity contribution in [3.8, 4) is 0 Å². The first-order valence-electron chi connectivity index (χ1n) is 6.59. The van der Waals surface area contributed by atoms with Crippen molar-refractivity contribution in [1.82, 2.24) is 0 Å². The molecule has 2 N–H and O–H groups in total. The number of hydrogen-bond acceptors (Lipinski definition) is 4. The van der Waals surface area contributed by atoms with Gasteiger partial charge >= 0.3 is 7.12 Å². The lowest BCUT2D eigenvalue weighted by Gasteiger charge is -2.32. The largest absolute Gasteiger partial charge is 0.497 e. The second kappa shape index (κ2) is 4.86. The highest BCUT2D eigenvalue weighted by Crippen LogP contribution is 2.36. The molecular weight excluding hydrogens is 258 g/mol. The highest BCUT2D eigenvalue weighted by Gasteiger charge is 2.52. The Labute approximate surface area is 119 Å². The summed E-state index contributed by atoms with van der Waals surface area (Å²) in [5.41, 5.74) is 0.490. The fourth-order valence-corrected chi connectivity index (χ4v) is 2.09. The van der Waals surface area contributed by atoms with Gasteiger partial charge in [0.2, 0.25) is 0 Å². The van der Waals surface area contributed by atoms with Crippen LogP contribution >= 0.6 is 0 Å². The highest BCUT2D eigenvalue weighted by atomic mass is 19.1. The van der Waals surface area contributed by atoms with Crippen molar-refractivity contribution in [2.24, 2.45) is 0 Å². The molecule has 0 unspecified atom stereocenters. The monoisotopic (exact) mass is 278 g/mol. The summed E-state index contributed by atoms with van der Waals surface area (Å²) in [5.74, 6) is -0.430. The molecule has 1 aromatic rings. The molecule has 1 saturated heterocycles. The van der Waals surface area contributed by atoms with E-state index in [2.05, 4.69) is 5.32 Å². The third-order valence-electron chi connectivity index (χ3n) is 4.10. The lowest BCUT2D eigenvalue weighted by molar-refractivity contribution is 0.00578. The second-order valence-electron chi connectivity index (χ2n) is 5.94. The predicted molar refractivity (Wildman–Crippen MR) is 79.5 cm³/mol. The van der Waals surface area contributed by atoms with Crippen LogP contribution in [0.15, 0.2) is 12.1 Å². The molecule has 1 heterocycles. The summed E-state index contributed by atoms with van der Waals surface area (Å²) in [6.07, 6.45) is 1.11.